The quantitative estimate of drug-likeness (QED) is 0.355. The molecule has 6 nitrogen and oxygen atoms in total. The van der Waals surface area contributed by atoms with Crippen LogP contribution in [0.4, 0.5) is 0 Å². The van der Waals surface area contributed by atoms with Gasteiger partial charge >= 0.3 is 5.97 Å². The van der Waals surface area contributed by atoms with E-state index in [0.717, 1.165) is 10.6 Å². The van der Waals surface area contributed by atoms with Crippen molar-refractivity contribution in [2.45, 2.75) is 12.5 Å². The van der Waals surface area contributed by atoms with E-state index in [4.69, 9.17) is 10.6 Å². The van der Waals surface area contributed by atoms with Crippen molar-refractivity contribution in [2.75, 3.05) is 7.05 Å². The van der Waals surface area contributed by atoms with E-state index in [9.17, 15) is 4.79 Å². The summed E-state index contributed by atoms with van der Waals surface area (Å²) >= 11 is 0. The Morgan fingerprint density at radius 2 is 2.19 bits per heavy atom. The van der Waals surface area contributed by atoms with Crippen molar-refractivity contribution in [1.29, 1.82) is 0 Å². The van der Waals surface area contributed by atoms with Gasteiger partial charge in [-0.2, -0.15) is 4.91 Å². The summed E-state index contributed by atoms with van der Waals surface area (Å²) in [6, 6.07) is 8.35. The Kier molecular flexibility index (Phi) is 4.17. The smallest absolute Gasteiger partial charge is 0.349 e. The molecule has 84 valence electrons. The van der Waals surface area contributed by atoms with Gasteiger partial charge in [0.2, 0.25) is 0 Å². The molecule has 0 aliphatic heterocycles. The second-order valence-electron chi connectivity index (χ2n) is 3.30. The predicted molar refractivity (Wildman–Crippen MR) is 58.5 cm³/mol. The van der Waals surface area contributed by atoms with E-state index in [1.807, 2.05) is 30.3 Å². The van der Waals surface area contributed by atoms with Crippen molar-refractivity contribution in [2.24, 2.45) is 5.22 Å². The van der Waals surface area contributed by atoms with E-state index in [1.54, 1.807) is 0 Å². The zero-order chi connectivity index (χ0) is 12.0. The third kappa shape index (κ3) is 3.18. The van der Waals surface area contributed by atoms with Crippen molar-refractivity contribution in [3.05, 3.63) is 46.3 Å². The van der Waals surface area contributed by atoms with Crippen LogP contribution in [-0.4, -0.2) is 29.2 Å². The van der Waals surface area contributed by atoms with E-state index in [2.05, 4.69) is 10.1 Å². The number of nitrogens with zero attached hydrogens (tertiary/aromatic N) is 4. The number of carboxylic acids is 1. The highest BCUT2D eigenvalue weighted by atomic mass is 16.4. The lowest BCUT2D eigenvalue weighted by molar-refractivity contribution is -0.142. The largest absolute Gasteiger partial charge is 0.478 e. The molecule has 0 bridgehead atoms. The highest BCUT2D eigenvalue weighted by Gasteiger charge is 2.25. The minimum atomic E-state index is -1.02. The van der Waals surface area contributed by atoms with Crippen molar-refractivity contribution in [1.82, 2.24) is 5.01 Å². The Hall–Kier alpha value is -2.20. The predicted octanol–water partition coefficient (Wildman–Crippen LogP) is 1.84. The molecule has 0 aliphatic carbocycles. The number of carboxylic acid groups (broad SMARTS) is 1. The SMILES string of the molecule is CN(N=[N+]=[N-])[C@H](Cc1ccccc1)C(=O)O. The lowest BCUT2D eigenvalue weighted by Crippen LogP contribution is -2.36. The molecule has 1 rings (SSSR count). The molecular formula is C10H12N4O2. The molecule has 16 heavy (non-hydrogen) atoms. The van der Waals surface area contributed by atoms with Crippen LogP contribution < -0.4 is 0 Å². The number of rotatable bonds is 5. The normalized spacial score (nSPS) is 11.3. The van der Waals surface area contributed by atoms with Gasteiger partial charge in [0.1, 0.15) is 0 Å². The number of hydrogen-bond acceptors (Lipinski definition) is 2. The molecule has 0 fully saturated rings. The molecule has 0 saturated heterocycles. The fourth-order valence-corrected chi connectivity index (χ4v) is 1.34. The zero-order valence-corrected chi connectivity index (χ0v) is 8.82. The van der Waals surface area contributed by atoms with E-state index < -0.39 is 12.0 Å². The van der Waals surface area contributed by atoms with Gasteiger partial charge in [0.25, 0.3) is 0 Å². The van der Waals surface area contributed by atoms with Gasteiger partial charge in [-0.25, -0.2) is 9.80 Å². The van der Waals surface area contributed by atoms with Gasteiger partial charge in [0, 0.05) is 6.42 Å². The fourth-order valence-electron chi connectivity index (χ4n) is 1.34. The summed E-state index contributed by atoms with van der Waals surface area (Å²) < 4.78 is 0. The first-order valence-electron chi connectivity index (χ1n) is 4.69. The third-order valence-corrected chi connectivity index (χ3v) is 2.19. The van der Waals surface area contributed by atoms with Crippen LogP contribution in [0.2, 0.25) is 0 Å². The topological polar surface area (TPSA) is 89.3 Å². The summed E-state index contributed by atoms with van der Waals surface area (Å²) in [7, 11) is 1.45. The summed E-state index contributed by atoms with van der Waals surface area (Å²) in [4.78, 5) is 13.6. The molecule has 0 spiro atoms. The molecule has 0 saturated carbocycles. The first-order valence-corrected chi connectivity index (χ1v) is 4.69. The van der Waals surface area contributed by atoms with Crippen LogP contribution in [0.3, 0.4) is 0 Å². The van der Waals surface area contributed by atoms with Gasteiger partial charge in [0.15, 0.2) is 6.04 Å². The average molecular weight is 220 g/mol. The molecule has 1 N–H and O–H groups in total. The maximum Gasteiger partial charge on any atom is 0.349 e. The van der Waals surface area contributed by atoms with Crippen molar-refractivity contribution in [3.63, 3.8) is 0 Å². The first-order chi connectivity index (χ1) is 7.65. The van der Waals surface area contributed by atoms with E-state index >= 15 is 0 Å². The number of azide groups is 1. The van der Waals surface area contributed by atoms with Crippen LogP contribution in [0.15, 0.2) is 35.6 Å². The summed E-state index contributed by atoms with van der Waals surface area (Å²) in [5.74, 6) is -1.02. The zero-order valence-electron chi connectivity index (χ0n) is 8.82. The van der Waals surface area contributed by atoms with Crippen molar-refractivity contribution in [3.8, 4) is 0 Å². The van der Waals surface area contributed by atoms with Crippen LogP contribution in [0.1, 0.15) is 5.56 Å². The average Bonchev–Trinajstić information content (AvgIpc) is 2.27. The molecular weight excluding hydrogens is 208 g/mol. The summed E-state index contributed by atoms with van der Waals surface area (Å²) in [6.07, 6.45) is 0.297. The number of aliphatic carboxylic acids is 1. The number of benzene rings is 1. The Labute approximate surface area is 92.7 Å². The van der Waals surface area contributed by atoms with Crippen molar-refractivity contribution < 1.29 is 9.90 Å². The highest BCUT2D eigenvalue weighted by Crippen LogP contribution is 2.08. The number of hydrogen-bond donors (Lipinski definition) is 1. The second-order valence-corrected chi connectivity index (χ2v) is 3.30. The standard InChI is InChI=1S/C10H12N4O2/c1-14(13-12-11)9(10(15)16)7-8-5-3-2-4-6-8/h2-6,9H,7H2,1H3,(H,15,16)/t9-/m1/s1. The van der Waals surface area contributed by atoms with Crippen LogP contribution in [0.25, 0.3) is 10.4 Å². The Balaban J connectivity index is 2.80. The van der Waals surface area contributed by atoms with E-state index in [-0.39, 0.29) is 0 Å². The molecule has 0 unspecified atom stereocenters. The van der Waals surface area contributed by atoms with Gasteiger partial charge in [0.05, 0.1) is 7.05 Å². The van der Waals surface area contributed by atoms with Crippen LogP contribution in [0, 0.1) is 0 Å². The van der Waals surface area contributed by atoms with Gasteiger partial charge in [-0.3, -0.25) is 0 Å². The highest BCUT2D eigenvalue weighted by molar-refractivity contribution is 5.73. The lowest BCUT2D eigenvalue weighted by atomic mass is 10.1. The van der Waals surface area contributed by atoms with Gasteiger partial charge in [-0.15, -0.1) is 5.53 Å². The number of likely N-dealkylation sites (N-methyl/N-ethyl adjacent to an activating group) is 1. The molecule has 1 aromatic carbocycles. The number of carbonyl (C=O) groups is 1. The molecule has 0 amide bonds. The molecule has 0 aliphatic rings. The molecule has 0 heterocycles. The van der Waals surface area contributed by atoms with E-state index in [0.29, 0.717) is 6.42 Å². The van der Waals surface area contributed by atoms with Gasteiger partial charge in [-0.05, 0) is 10.8 Å². The lowest BCUT2D eigenvalue weighted by Gasteiger charge is -2.16. The van der Waals surface area contributed by atoms with Crippen molar-refractivity contribution >= 4 is 5.97 Å². The Morgan fingerprint density at radius 1 is 1.56 bits per heavy atom. The Morgan fingerprint density at radius 3 is 2.69 bits per heavy atom. The minimum absolute atomic E-state index is 0.297. The third-order valence-electron chi connectivity index (χ3n) is 2.19. The monoisotopic (exact) mass is 220 g/mol. The maximum absolute atomic E-state index is 11.0. The van der Waals surface area contributed by atoms with Gasteiger partial charge in [-0.1, -0.05) is 30.3 Å². The Bertz CT molecular complexity index is 401. The first kappa shape index (κ1) is 11.9. The van der Waals surface area contributed by atoms with Gasteiger partial charge < -0.3 is 5.11 Å². The fraction of sp³-hybridized carbons (Fsp3) is 0.300. The molecule has 1 aromatic rings. The molecule has 0 aromatic heterocycles. The molecule has 6 heteroatoms. The summed E-state index contributed by atoms with van der Waals surface area (Å²) in [5, 5.41) is 13.4. The van der Waals surface area contributed by atoms with Crippen LogP contribution in [-0.2, 0) is 11.2 Å². The van der Waals surface area contributed by atoms with E-state index in [1.165, 1.54) is 7.05 Å². The van der Waals surface area contributed by atoms with Crippen LogP contribution >= 0.6 is 0 Å². The molecule has 1 atom stereocenters. The maximum atomic E-state index is 11.0. The summed E-state index contributed by atoms with van der Waals surface area (Å²) in [5.41, 5.74) is 9.14. The molecule has 0 radical (unpaired) electrons. The van der Waals surface area contributed by atoms with Crippen LogP contribution in [0.5, 0.6) is 0 Å². The summed E-state index contributed by atoms with van der Waals surface area (Å²) in [6.45, 7) is 0. The minimum Gasteiger partial charge on any atom is -0.478 e. The second kappa shape index (κ2) is 5.63.